The minimum atomic E-state index is -0.629. The van der Waals surface area contributed by atoms with E-state index in [0.29, 0.717) is 6.04 Å². The van der Waals surface area contributed by atoms with Gasteiger partial charge in [0.1, 0.15) is 0 Å². The quantitative estimate of drug-likeness (QED) is 0.669. The second-order valence-corrected chi connectivity index (χ2v) is 3.50. The van der Waals surface area contributed by atoms with Gasteiger partial charge in [-0.3, -0.25) is 4.79 Å². The number of carbonyl (C=O) groups is 1. The highest BCUT2D eigenvalue weighted by molar-refractivity contribution is 5.70. The van der Waals surface area contributed by atoms with Crippen molar-refractivity contribution in [1.82, 2.24) is 5.32 Å². The molecule has 2 N–H and O–H groups in total. The van der Waals surface area contributed by atoms with Crippen molar-refractivity contribution < 1.29 is 9.90 Å². The summed E-state index contributed by atoms with van der Waals surface area (Å²) in [5.74, 6) is -0.727. The van der Waals surface area contributed by atoms with Crippen molar-refractivity contribution in [3.63, 3.8) is 0 Å². The summed E-state index contributed by atoms with van der Waals surface area (Å²) in [4.78, 5) is 10.6. The van der Waals surface area contributed by atoms with Crippen molar-refractivity contribution in [2.24, 2.45) is 5.92 Å². The van der Waals surface area contributed by atoms with E-state index >= 15 is 0 Å². The van der Waals surface area contributed by atoms with E-state index in [0.717, 1.165) is 32.2 Å². The summed E-state index contributed by atoms with van der Waals surface area (Å²) in [6.07, 6.45) is 3.80. The standard InChI is InChI=1S/C9H17NO2/c1-2-5-10-8-4-3-7(6-8)9(11)12/h7-8,10H,2-6H2,1H3,(H,11,12). The Balaban J connectivity index is 2.21. The molecule has 2 atom stereocenters. The van der Waals surface area contributed by atoms with E-state index in [1.54, 1.807) is 0 Å². The summed E-state index contributed by atoms with van der Waals surface area (Å²) in [5, 5.41) is 12.1. The third-order valence-electron chi connectivity index (χ3n) is 2.46. The number of nitrogens with one attached hydrogen (secondary N) is 1. The van der Waals surface area contributed by atoms with E-state index in [1.807, 2.05) is 0 Å². The molecule has 0 heterocycles. The molecule has 0 bridgehead atoms. The Bertz CT molecular complexity index is 159. The molecule has 70 valence electrons. The topological polar surface area (TPSA) is 49.3 Å². The molecular weight excluding hydrogens is 154 g/mol. The fraction of sp³-hybridized carbons (Fsp3) is 0.889. The lowest BCUT2D eigenvalue weighted by Crippen LogP contribution is -2.27. The van der Waals surface area contributed by atoms with Gasteiger partial charge in [0, 0.05) is 6.04 Å². The average Bonchev–Trinajstić information content (AvgIpc) is 2.48. The highest BCUT2D eigenvalue weighted by Gasteiger charge is 2.28. The number of hydrogen-bond acceptors (Lipinski definition) is 2. The van der Waals surface area contributed by atoms with Crippen LogP contribution in [0.3, 0.4) is 0 Å². The molecule has 2 unspecified atom stereocenters. The first-order valence-electron chi connectivity index (χ1n) is 4.70. The monoisotopic (exact) mass is 171 g/mol. The Labute approximate surface area is 73.2 Å². The number of rotatable bonds is 4. The van der Waals surface area contributed by atoms with Crippen molar-refractivity contribution >= 4 is 5.97 Å². The minimum Gasteiger partial charge on any atom is -0.481 e. The molecule has 0 aliphatic heterocycles. The molecule has 0 aromatic heterocycles. The van der Waals surface area contributed by atoms with Crippen LogP contribution in [-0.2, 0) is 4.79 Å². The molecule has 1 aliphatic rings. The van der Waals surface area contributed by atoms with Gasteiger partial charge in [-0.2, -0.15) is 0 Å². The van der Waals surface area contributed by atoms with Crippen molar-refractivity contribution in [3.05, 3.63) is 0 Å². The molecular formula is C9H17NO2. The molecule has 0 spiro atoms. The molecule has 1 rings (SSSR count). The summed E-state index contributed by atoms with van der Waals surface area (Å²) < 4.78 is 0. The Kier molecular flexibility index (Phi) is 3.53. The van der Waals surface area contributed by atoms with Gasteiger partial charge in [0.25, 0.3) is 0 Å². The molecule has 0 aromatic rings. The average molecular weight is 171 g/mol. The van der Waals surface area contributed by atoms with Gasteiger partial charge in [0.05, 0.1) is 5.92 Å². The Morgan fingerprint density at radius 1 is 1.58 bits per heavy atom. The maximum atomic E-state index is 10.6. The molecule has 1 fully saturated rings. The highest BCUT2D eigenvalue weighted by Crippen LogP contribution is 2.25. The lowest BCUT2D eigenvalue weighted by Gasteiger charge is -2.10. The maximum absolute atomic E-state index is 10.6. The van der Waals surface area contributed by atoms with Gasteiger partial charge in [0.2, 0.25) is 0 Å². The van der Waals surface area contributed by atoms with Crippen molar-refractivity contribution in [3.8, 4) is 0 Å². The van der Waals surface area contributed by atoms with Gasteiger partial charge >= 0.3 is 5.97 Å². The summed E-state index contributed by atoms with van der Waals surface area (Å²) in [5.41, 5.74) is 0. The van der Waals surface area contributed by atoms with E-state index in [9.17, 15) is 4.79 Å². The van der Waals surface area contributed by atoms with Gasteiger partial charge in [0.15, 0.2) is 0 Å². The van der Waals surface area contributed by atoms with Crippen molar-refractivity contribution in [1.29, 1.82) is 0 Å². The second kappa shape index (κ2) is 4.45. The zero-order valence-electron chi connectivity index (χ0n) is 7.55. The largest absolute Gasteiger partial charge is 0.481 e. The lowest BCUT2D eigenvalue weighted by molar-refractivity contribution is -0.141. The predicted octanol–water partition coefficient (Wildman–Crippen LogP) is 1.24. The van der Waals surface area contributed by atoms with E-state index in [4.69, 9.17) is 5.11 Å². The number of aliphatic carboxylic acids is 1. The van der Waals surface area contributed by atoms with Crippen LogP contribution in [0.5, 0.6) is 0 Å². The van der Waals surface area contributed by atoms with Crippen LogP contribution in [-0.4, -0.2) is 23.7 Å². The zero-order chi connectivity index (χ0) is 8.97. The number of carboxylic acids is 1. The molecule has 0 radical (unpaired) electrons. The van der Waals surface area contributed by atoms with E-state index in [1.165, 1.54) is 0 Å². The highest BCUT2D eigenvalue weighted by atomic mass is 16.4. The van der Waals surface area contributed by atoms with Crippen LogP contribution in [0, 0.1) is 5.92 Å². The molecule has 0 amide bonds. The van der Waals surface area contributed by atoms with Crippen LogP contribution in [0.25, 0.3) is 0 Å². The third-order valence-corrected chi connectivity index (χ3v) is 2.46. The first kappa shape index (κ1) is 9.52. The fourth-order valence-corrected chi connectivity index (χ4v) is 1.74. The fourth-order valence-electron chi connectivity index (χ4n) is 1.74. The van der Waals surface area contributed by atoms with Crippen LogP contribution in [0.15, 0.2) is 0 Å². The first-order chi connectivity index (χ1) is 5.74. The van der Waals surface area contributed by atoms with E-state index < -0.39 is 5.97 Å². The summed E-state index contributed by atoms with van der Waals surface area (Å²) in [7, 11) is 0. The molecule has 0 aromatic carbocycles. The van der Waals surface area contributed by atoms with Crippen LogP contribution >= 0.6 is 0 Å². The van der Waals surface area contributed by atoms with Gasteiger partial charge in [-0.05, 0) is 32.2 Å². The Hall–Kier alpha value is -0.570. The molecule has 1 saturated carbocycles. The maximum Gasteiger partial charge on any atom is 0.306 e. The Morgan fingerprint density at radius 2 is 2.33 bits per heavy atom. The number of carboxylic acid groups (broad SMARTS) is 1. The van der Waals surface area contributed by atoms with Gasteiger partial charge < -0.3 is 10.4 Å². The lowest BCUT2D eigenvalue weighted by atomic mass is 10.1. The Morgan fingerprint density at radius 3 is 2.83 bits per heavy atom. The molecule has 12 heavy (non-hydrogen) atoms. The van der Waals surface area contributed by atoms with Crippen LogP contribution in [0.4, 0.5) is 0 Å². The predicted molar refractivity (Wildman–Crippen MR) is 47.1 cm³/mol. The molecule has 3 heteroatoms. The summed E-state index contributed by atoms with van der Waals surface area (Å²) >= 11 is 0. The number of hydrogen-bond donors (Lipinski definition) is 2. The molecule has 0 saturated heterocycles. The minimum absolute atomic E-state index is 0.0978. The van der Waals surface area contributed by atoms with Gasteiger partial charge in [-0.15, -0.1) is 0 Å². The summed E-state index contributed by atoms with van der Waals surface area (Å²) in [6.45, 7) is 3.13. The van der Waals surface area contributed by atoms with E-state index in [-0.39, 0.29) is 5.92 Å². The summed E-state index contributed by atoms with van der Waals surface area (Å²) in [6, 6.07) is 0.450. The van der Waals surface area contributed by atoms with Crippen LogP contribution in [0.2, 0.25) is 0 Å². The molecule has 1 aliphatic carbocycles. The van der Waals surface area contributed by atoms with E-state index in [2.05, 4.69) is 12.2 Å². The zero-order valence-corrected chi connectivity index (χ0v) is 7.55. The third kappa shape index (κ3) is 2.48. The SMILES string of the molecule is CCCNC1CCC(C(=O)O)C1. The second-order valence-electron chi connectivity index (χ2n) is 3.50. The van der Waals surface area contributed by atoms with Crippen LogP contribution < -0.4 is 5.32 Å². The molecule has 3 nitrogen and oxygen atoms in total. The van der Waals surface area contributed by atoms with Crippen molar-refractivity contribution in [2.75, 3.05) is 6.54 Å². The normalized spacial score (nSPS) is 29.1. The van der Waals surface area contributed by atoms with Gasteiger partial charge in [-0.25, -0.2) is 0 Å². The van der Waals surface area contributed by atoms with Crippen LogP contribution in [0.1, 0.15) is 32.6 Å². The van der Waals surface area contributed by atoms with Crippen molar-refractivity contribution in [2.45, 2.75) is 38.6 Å². The smallest absolute Gasteiger partial charge is 0.306 e. The van der Waals surface area contributed by atoms with Gasteiger partial charge in [-0.1, -0.05) is 6.92 Å². The first-order valence-corrected chi connectivity index (χ1v) is 4.70.